The molecule has 0 bridgehead atoms. The summed E-state index contributed by atoms with van der Waals surface area (Å²) in [5, 5.41) is 0. The van der Waals surface area contributed by atoms with Gasteiger partial charge in [-0.3, -0.25) is 0 Å². The first-order valence-electron chi connectivity index (χ1n) is 5.15. The highest BCUT2D eigenvalue weighted by molar-refractivity contribution is 7.92. The Kier molecular flexibility index (Phi) is 5.11. The average Bonchev–Trinajstić information content (AvgIpc) is 2.77. The summed E-state index contributed by atoms with van der Waals surface area (Å²) in [7, 11) is -1.94. The van der Waals surface area contributed by atoms with Crippen LogP contribution in [0.2, 0.25) is 0 Å². The average molecular weight is 272 g/mol. The van der Waals surface area contributed by atoms with Crippen molar-refractivity contribution in [3.63, 3.8) is 0 Å². The molecule has 18 heavy (non-hydrogen) atoms. The van der Waals surface area contributed by atoms with E-state index in [1.165, 1.54) is 19.6 Å². The second kappa shape index (κ2) is 6.36. The van der Waals surface area contributed by atoms with E-state index in [4.69, 9.17) is 9.15 Å². The van der Waals surface area contributed by atoms with E-state index >= 15 is 0 Å². The van der Waals surface area contributed by atoms with E-state index < -0.39 is 10.0 Å². The smallest absolute Gasteiger partial charge is 0.311 e. The number of hydrogen-bond donors (Lipinski definition) is 0. The van der Waals surface area contributed by atoms with Gasteiger partial charge < -0.3 is 9.15 Å². The summed E-state index contributed by atoms with van der Waals surface area (Å²) in [5.41, 5.74) is 0.746. The fourth-order valence-corrected chi connectivity index (χ4v) is 2.12. The summed E-state index contributed by atoms with van der Waals surface area (Å²) in [6.07, 6.45) is 7.08. The zero-order chi connectivity index (χ0) is 13.6. The predicted octanol–water partition coefficient (Wildman–Crippen LogP) is 1.20. The Labute approximate surface area is 107 Å². The maximum atomic E-state index is 11.7. The van der Waals surface area contributed by atoms with Crippen LogP contribution in [0.25, 0.3) is 0 Å². The molecule has 1 aromatic rings. The van der Waals surface area contributed by atoms with E-state index in [9.17, 15) is 8.42 Å². The number of sulfonamides is 1. The summed E-state index contributed by atoms with van der Waals surface area (Å²) < 4.78 is 34.5. The maximum absolute atomic E-state index is 11.7. The standard InChI is InChI=1S/C11H16N2O4S/c1-4-5-10(9-16-2)8-13(18(3,14)15)11-12-6-7-17-11/h4-7H,1,8-9H2,2-3H3/b10-5-. The quantitative estimate of drug-likeness (QED) is 0.697. The van der Waals surface area contributed by atoms with Crippen LogP contribution in [-0.2, 0) is 14.8 Å². The van der Waals surface area contributed by atoms with Gasteiger partial charge in [0.1, 0.15) is 6.26 Å². The molecular weight excluding hydrogens is 256 g/mol. The Bertz CT molecular complexity index is 505. The second-order valence-electron chi connectivity index (χ2n) is 3.58. The van der Waals surface area contributed by atoms with Crippen LogP contribution >= 0.6 is 0 Å². The zero-order valence-electron chi connectivity index (χ0n) is 10.4. The van der Waals surface area contributed by atoms with E-state index in [-0.39, 0.29) is 12.6 Å². The molecule has 0 aliphatic rings. The molecule has 0 unspecified atom stereocenters. The van der Waals surface area contributed by atoms with Crippen LogP contribution in [0.3, 0.4) is 0 Å². The van der Waals surface area contributed by atoms with Crippen molar-refractivity contribution in [2.75, 3.05) is 30.8 Å². The van der Waals surface area contributed by atoms with Gasteiger partial charge in [0.2, 0.25) is 10.0 Å². The van der Waals surface area contributed by atoms with E-state index in [1.54, 1.807) is 12.2 Å². The fourth-order valence-electron chi connectivity index (χ4n) is 1.35. The number of oxazole rings is 1. The monoisotopic (exact) mass is 272 g/mol. The molecule has 1 heterocycles. The molecule has 0 amide bonds. The molecule has 0 saturated carbocycles. The molecule has 0 spiro atoms. The number of nitrogens with zero attached hydrogens (tertiary/aromatic N) is 2. The minimum atomic E-state index is -3.47. The summed E-state index contributed by atoms with van der Waals surface area (Å²) in [6.45, 7) is 3.99. The third-order valence-electron chi connectivity index (χ3n) is 2.06. The zero-order valence-corrected chi connectivity index (χ0v) is 11.2. The van der Waals surface area contributed by atoms with Gasteiger partial charge in [0.05, 0.1) is 25.6 Å². The molecule has 0 aliphatic heterocycles. The van der Waals surface area contributed by atoms with Gasteiger partial charge in [0.15, 0.2) is 0 Å². The van der Waals surface area contributed by atoms with Crippen LogP contribution in [0.4, 0.5) is 6.01 Å². The van der Waals surface area contributed by atoms with Gasteiger partial charge in [-0.15, -0.1) is 0 Å². The van der Waals surface area contributed by atoms with E-state index in [2.05, 4.69) is 11.6 Å². The molecule has 0 radical (unpaired) electrons. The number of methoxy groups -OCH3 is 1. The highest BCUT2D eigenvalue weighted by Gasteiger charge is 2.22. The van der Waals surface area contributed by atoms with Crippen LogP contribution in [0.15, 0.2) is 41.2 Å². The first-order valence-corrected chi connectivity index (χ1v) is 7.00. The Morgan fingerprint density at radius 3 is 2.83 bits per heavy atom. The number of rotatable bonds is 7. The highest BCUT2D eigenvalue weighted by atomic mass is 32.2. The molecule has 0 aromatic carbocycles. The van der Waals surface area contributed by atoms with Gasteiger partial charge in [-0.25, -0.2) is 17.7 Å². The highest BCUT2D eigenvalue weighted by Crippen LogP contribution is 2.16. The second-order valence-corrected chi connectivity index (χ2v) is 5.48. The third kappa shape index (κ3) is 4.01. The first kappa shape index (κ1) is 14.5. The van der Waals surface area contributed by atoms with Gasteiger partial charge in [-0.05, 0) is 5.57 Å². The third-order valence-corrected chi connectivity index (χ3v) is 3.15. The molecule has 0 fully saturated rings. The number of anilines is 1. The van der Waals surface area contributed by atoms with Crippen molar-refractivity contribution in [3.8, 4) is 0 Å². The Balaban J connectivity index is 2.99. The lowest BCUT2D eigenvalue weighted by Gasteiger charge is -2.19. The van der Waals surface area contributed by atoms with E-state index in [0.717, 1.165) is 16.1 Å². The molecule has 0 aliphatic carbocycles. The van der Waals surface area contributed by atoms with Gasteiger partial charge in [0, 0.05) is 7.11 Å². The molecule has 1 rings (SSSR count). The minimum absolute atomic E-state index is 0.0311. The van der Waals surface area contributed by atoms with E-state index in [0.29, 0.717) is 6.61 Å². The van der Waals surface area contributed by atoms with Gasteiger partial charge in [-0.1, -0.05) is 18.7 Å². The van der Waals surface area contributed by atoms with Crippen LogP contribution in [-0.4, -0.2) is 39.9 Å². The lowest BCUT2D eigenvalue weighted by molar-refractivity contribution is 0.225. The Morgan fingerprint density at radius 2 is 2.39 bits per heavy atom. The topological polar surface area (TPSA) is 72.6 Å². The van der Waals surface area contributed by atoms with Crippen LogP contribution < -0.4 is 4.31 Å². The summed E-state index contributed by atoms with van der Waals surface area (Å²) in [6, 6.07) is 0.0311. The van der Waals surface area contributed by atoms with Crippen molar-refractivity contribution in [2.24, 2.45) is 0 Å². The molecule has 0 saturated heterocycles. The van der Waals surface area contributed by atoms with Crippen molar-refractivity contribution in [3.05, 3.63) is 36.8 Å². The SMILES string of the molecule is C=C/C=C(\COC)CN(c1ncco1)S(C)(=O)=O. The molecular formula is C11H16N2O4S. The van der Waals surface area contributed by atoms with Gasteiger partial charge in [0.25, 0.3) is 0 Å². The van der Waals surface area contributed by atoms with Gasteiger partial charge in [-0.2, -0.15) is 0 Å². The van der Waals surface area contributed by atoms with Gasteiger partial charge >= 0.3 is 6.01 Å². The fraction of sp³-hybridized carbons (Fsp3) is 0.364. The van der Waals surface area contributed by atoms with Crippen molar-refractivity contribution in [1.29, 1.82) is 0 Å². The normalized spacial score (nSPS) is 12.4. The van der Waals surface area contributed by atoms with Crippen molar-refractivity contribution in [2.45, 2.75) is 0 Å². The van der Waals surface area contributed by atoms with Crippen LogP contribution in [0.5, 0.6) is 0 Å². The van der Waals surface area contributed by atoms with E-state index in [1.807, 2.05) is 0 Å². The Morgan fingerprint density at radius 1 is 1.67 bits per heavy atom. The molecule has 6 nitrogen and oxygen atoms in total. The number of ether oxygens (including phenoxy) is 1. The minimum Gasteiger partial charge on any atom is -0.431 e. The van der Waals surface area contributed by atoms with Crippen molar-refractivity contribution in [1.82, 2.24) is 4.98 Å². The lowest BCUT2D eigenvalue weighted by Crippen LogP contribution is -2.32. The summed E-state index contributed by atoms with van der Waals surface area (Å²) in [4.78, 5) is 3.84. The summed E-state index contributed by atoms with van der Waals surface area (Å²) >= 11 is 0. The van der Waals surface area contributed by atoms with Crippen molar-refractivity contribution >= 4 is 16.0 Å². The molecule has 0 atom stereocenters. The molecule has 100 valence electrons. The lowest BCUT2D eigenvalue weighted by atomic mass is 10.2. The Hall–Kier alpha value is -1.60. The van der Waals surface area contributed by atoms with Crippen LogP contribution in [0.1, 0.15) is 0 Å². The molecule has 7 heteroatoms. The first-order chi connectivity index (χ1) is 8.49. The largest absolute Gasteiger partial charge is 0.431 e. The number of aromatic nitrogens is 1. The van der Waals surface area contributed by atoms with Crippen LogP contribution in [0, 0.1) is 0 Å². The molecule has 1 aromatic heterocycles. The maximum Gasteiger partial charge on any atom is 0.311 e. The van der Waals surface area contributed by atoms with Crippen molar-refractivity contribution < 1.29 is 17.6 Å². The molecule has 0 N–H and O–H groups in total. The predicted molar refractivity (Wildman–Crippen MR) is 68.8 cm³/mol. The number of allylic oxidation sites excluding steroid dienone is 2. The number of hydrogen-bond acceptors (Lipinski definition) is 5. The summed E-state index contributed by atoms with van der Waals surface area (Å²) in [5.74, 6) is 0.